The molecule has 0 unspecified atom stereocenters. The molecule has 3 aromatic carbocycles. The largest absolute Gasteiger partial charge is 0.508 e. The average Bonchev–Trinajstić information content (AvgIpc) is 2.70. The minimum atomic E-state index is 0.290. The first-order valence-electron chi connectivity index (χ1n) is 9.88. The standard InChI is InChI=1S/C24H27NO2/c26-23-8-6-21-7-9-24(18-22(21)17-23)27-15-14-25-12-10-20(11-13-25)16-19-4-2-1-3-5-19/h1-9,17-18,20,26H,10-16H2. The molecule has 3 nitrogen and oxygen atoms in total. The first kappa shape index (κ1) is 17.9. The Morgan fingerprint density at radius 2 is 1.67 bits per heavy atom. The number of likely N-dealkylation sites (tertiary alicyclic amines) is 1. The van der Waals surface area contributed by atoms with E-state index in [4.69, 9.17) is 4.74 Å². The summed E-state index contributed by atoms with van der Waals surface area (Å²) in [5, 5.41) is 11.8. The van der Waals surface area contributed by atoms with Crippen molar-refractivity contribution in [2.45, 2.75) is 19.3 Å². The molecule has 0 spiro atoms. The van der Waals surface area contributed by atoms with Crippen LogP contribution in [0.1, 0.15) is 18.4 Å². The molecule has 1 aliphatic rings. The predicted octanol–water partition coefficient (Wildman–Crippen LogP) is 4.88. The molecule has 140 valence electrons. The van der Waals surface area contributed by atoms with E-state index in [1.54, 1.807) is 12.1 Å². The minimum absolute atomic E-state index is 0.290. The number of hydrogen-bond acceptors (Lipinski definition) is 3. The number of fused-ring (bicyclic) bond motifs is 1. The van der Waals surface area contributed by atoms with Crippen molar-refractivity contribution in [3.05, 3.63) is 72.3 Å². The zero-order chi connectivity index (χ0) is 18.5. The van der Waals surface area contributed by atoms with Crippen LogP contribution >= 0.6 is 0 Å². The molecule has 4 rings (SSSR count). The quantitative estimate of drug-likeness (QED) is 0.679. The summed E-state index contributed by atoms with van der Waals surface area (Å²) in [6.07, 6.45) is 3.74. The highest BCUT2D eigenvalue weighted by molar-refractivity contribution is 5.85. The van der Waals surface area contributed by atoms with Crippen molar-refractivity contribution in [1.82, 2.24) is 4.90 Å². The molecule has 0 aliphatic carbocycles. The van der Waals surface area contributed by atoms with Crippen LogP contribution in [0, 0.1) is 5.92 Å². The predicted molar refractivity (Wildman–Crippen MR) is 110 cm³/mol. The van der Waals surface area contributed by atoms with Crippen LogP contribution in [0.25, 0.3) is 10.8 Å². The first-order valence-corrected chi connectivity index (χ1v) is 9.88. The molecule has 27 heavy (non-hydrogen) atoms. The van der Waals surface area contributed by atoms with E-state index in [-0.39, 0.29) is 5.75 Å². The number of ether oxygens (including phenoxy) is 1. The van der Waals surface area contributed by atoms with Gasteiger partial charge < -0.3 is 9.84 Å². The molecular formula is C24H27NO2. The summed E-state index contributed by atoms with van der Waals surface area (Å²) in [5.74, 6) is 1.96. The molecule has 0 saturated carbocycles. The molecule has 1 aliphatic heterocycles. The van der Waals surface area contributed by atoms with Crippen molar-refractivity contribution in [2.75, 3.05) is 26.2 Å². The maximum Gasteiger partial charge on any atom is 0.120 e. The van der Waals surface area contributed by atoms with E-state index >= 15 is 0 Å². The molecule has 0 aromatic heterocycles. The second-order valence-electron chi connectivity index (χ2n) is 7.52. The van der Waals surface area contributed by atoms with Gasteiger partial charge in [-0.3, -0.25) is 4.90 Å². The number of benzene rings is 3. The van der Waals surface area contributed by atoms with Gasteiger partial charge in [0.05, 0.1) is 0 Å². The molecule has 1 saturated heterocycles. The second-order valence-corrected chi connectivity index (χ2v) is 7.52. The molecule has 0 amide bonds. The zero-order valence-electron chi connectivity index (χ0n) is 15.7. The lowest BCUT2D eigenvalue weighted by atomic mass is 9.90. The van der Waals surface area contributed by atoms with Crippen LogP contribution in [0.4, 0.5) is 0 Å². The van der Waals surface area contributed by atoms with Gasteiger partial charge in [0, 0.05) is 6.54 Å². The summed E-state index contributed by atoms with van der Waals surface area (Å²) in [5.41, 5.74) is 1.46. The van der Waals surface area contributed by atoms with Crippen LogP contribution in [0.3, 0.4) is 0 Å². The molecular weight excluding hydrogens is 334 g/mol. The molecule has 1 fully saturated rings. The molecule has 3 aromatic rings. The van der Waals surface area contributed by atoms with E-state index in [2.05, 4.69) is 35.2 Å². The molecule has 3 heteroatoms. The third kappa shape index (κ3) is 4.81. The summed E-state index contributed by atoms with van der Waals surface area (Å²) in [6.45, 7) is 3.99. The number of aromatic hydroxyl groups is 1. The molecule has 1 N–H and O–H groups in total. The van der Waals surface area contributed by atoms with Gasteiger partial charge >= 0.3 is 0 Å². The van der Waals surface area contributed by atoms with E-state index < -0.39 is 0 Å². The maximum absolute atomic E-state index is 9.63. The number of phenolic OH excluding ortho intramolecular Hbond substituents is 1. The van der Waals surface area contributed by atoms with Crippen LogP contribution in [0.2, 0.25) is 0 Å². The highest BCUT2D eigenvalue weighted by Gasteiger charge is 2.19. The van der Waals surface area contributed by atoms with E-state index in [9.17, 15) is 5.11 Å². The Hall–Kier alpha value is -2.52. The summed E-state index contributed by atoms with van der Waals surface area (Å²) in [6, 6.07) is 22.3. The van der Waals surface area contributed by atoms with Crippen LogP contribution < -0.4 is 4.74 Å². The first-order chi connectivity index (χ1) is 13.3. The van der Waals surface area contributed by atoms with Crippen LogP contribution in [0.5, 0.6) is 11.5 Å². The Morgan fingerprint density at radius 3 is 2.48 bits per heavy atom. The van der Waals surface area contributed by atoms with E-state index in [0.717, 1.165) is 42.1 Å². The van der Waals surface area contributed by atoms with Crippen LogP contribution in [0.15, 0.2) is 66.7 Å². The Labute approximate surface area is 161 Å². The van der Waals surface area contributed by atoms with Crippen molar-refractivity contribution >= 4 is 10.8 Å². The van der Waals surface area contributed by atoms with Gasteiger partial charge in [0.1, 0.15) is 18.1 Å². The molecule has 0 atom stereocenters. The van der Waals surface area contributed by atoms with Crippen molar-refractivity contribution in [3.8, 4) is 11.5 Å². The van der Waals surface area contributed by atoms with Gasteiger partial charge in [-0.25, -0.2) is 0 Å². The van der Waals surface area contributed by atoms with Gasteiger partial charge in [-0.2, -0.15) is 0 Å². The number of phenols is 1. The SMILES string of the molecule is Oc1ccc2ccc(OCCN3CCC(Cc4ccccc4)CC3)cc2c1. The Kier molecular flexibility index (Phi) is 5.59. The molecule has 0 radical (unpaired) electrons. The van der Waals surface area contributed by atoms with Crippen molar-refractivity contribution in [3.63, 3.8) is 0 Å². The van der Waals surface area contributed by atoms with Gasteiger partial charge in [-0.05, 0) is 78.9 Å². The topological polar surface area (TPSA) is 32.7 Å². The van der Waals surface area contributed by atoms with E-state index in [1.807, 2.05) is 24.3 Å². The van der Waals surface area contributed by atoms with Crippen LogP contribution in [-0.4, -0.2) is 36.2 Å². The van der Waals surface area contributed by atoms with Crippen LogP contribution in [-0.2, 0) is 6.42 Å². The number of piperidine rings is 1. The van der Waals surface area contributed by atoms with Gasteiger partial charge in [0.25, 0.3) is 0 Å². The lowest BCUT2D eigenvalue weighted by Crippen LogP contribution is -2.37. The highest BCUT2D eigenvalue weighted by atomic mass is 16.5. The summed E-state index contributed by atoms with van der Waals surface area (Å²) < 4.78 is 5.96. The molecule has 1 heterocycles. The van der Waals surface area contributed by atoms with Gasteiger partial charge in [-0.1, -0.05) is 42.5 Å². The Morgan fingerprint density at radius 1 is 0.889 bits per heavy atom. The summed E-state index contributed by atoms with van der Waals surface area (Å²) in [7, 11) is 0. The third-order valence-electron chi connectivity index (χ3n) is 5.55. The normalized spacial score (nSPS) is 15.9. The summed E-state index contributed by atoms with van der Waals surface area (Å²) in [4.78, 5) is 2.51. The monoisotopic (exact) mass is 361 g/mol. The highest BCUT2D eigenvalue weighted by Crippen LogP contribution is 2.25. The Bertz CT molecular complexity index is 870. The minimum Gasteiger partial charge on any atom is -0.508 e. The lowest BCUT2D eigenvalue weighted by Gasteiger charge is -2.31. The second kappa shape index (κ2) is 8.45. The summed E-state index contributed by atoms with van der Waals surface area (Å²) >= 11 is 0. The molecule has 0 bridgehead atoms. The number of hydrogen-bond donors (Lipinski definition) is 1. The Balaban J connectivity index is 1.22. The zero-order valence-corrected chi connectivity index (χ0v) is 15.7. The van der Waals surface area contributed by atoms with Crippen molar-refractivity contribution in [1.29, 1.82) is 0 Å². The number of nitrogens with zero attached hydrogens (tertiary/aromatic N) is 1. The van der Waals surface area contributed by atoms with Gasteiger partial charge in [-0.15, -0.1) is 0 Å². The lowest BCUT2D eigenvalue weighted by molar-refractivity contribution is 0.155. The third-order valence-corrected chi connectivity index (χ3v) is 5.55. The van der Waals surface area contributed by atoms with Crippen molar-refractivity contribution < 1.29 is 9.84 Å². The fourth-order valence-corrected chi connectivity index (χ4v) is 3.96. The average molecular weight is 361 g/mol. The van der Waals surface area contributed by atoms with Gasteiger partial charge in [0.2, 0.25) is 0 Å². The van der Waals surface area contributed by atoms with Crippen molar-refractivity contribution in [2.24, 2.45) is 5.92 Å². The fraction of sp³-hybridized carbons (Fsp3) is 0.333. The fourth-order valence-electron chi connectivity index (χ4n) is 3.96. The number of rotatable bonds is 6. The van der Waals surface area contributed by atoms with Gasteiger partial charge in [0.15, 0.2) is 0 Å². The van der Waals surface area contributed by atoms with E-state index in [1.165, 1.54) is 24.8 Å². The smallest absolute Gasteiger partial charge is 0.120 e. The maximum atomic E-state index is 9.63. The van der Waals surface area contributed by atoms with E-state index in [0.29, 0.717) is 6.61 Å².